The number of aliphatic hydroxyl groups is 1. The minimum atomic E-state index is -0.437. The summed E-state index contributed by atoms with van der Waals surface area (Å²) in [7, 11) is 0. The molecule has 5 rings (SSSR count). The summed E-state index contributed by atoms with van der Waals surface area (Å²) in [6.45, 7) is 4.38. The summed E-state index contributed by atoms with van der Waals surface area (Å²) in [6.07, 6.45) is 2.70. The summed E-state index contributed by atoms with van der Waals surface area (Å²) in [5.74, 6) is 0.575. The number of aromatic amines is 1. The first-order valence-corrected chi connectivity index (χ1v) is 14.1. The minimum Gasteiger partial charge on any atom is -0.391 e. The zero-order valence-corrected chi connectivity index (χ0v) is 23.0. The molecule has 0 spiro atoms. The van der Waals surface area contributed by atoms with E-state index in [9.17, 15) is 5.11 Å². The van der Waals surface area contributed by atoms with E-state index in [1.54, 1.807) is 6.33 Å². The number of nitrogens with zero attached hydrogens (tertiary/aromatic N) is 5. The van der Waals surface area contributed by atoms with Gasteiger partial charge in [0.25, 0.3) is 0 Å². The maximum absolute atomic E-state index is 10.7. The number of thioether (sulfide) groups is 1. The highest BCUT2D eigenvalue weighted by Gasteiger charge is 2.27. The lowest BCUT2D eigenvalue weighted by Crippen LogP contribution is -2.49. The third-order valence-corrected chi connectivity index (χ3v) is 8.40. The highest BCUT2D eigenvalue weighted by atomic mass is 79.9. The van der Waals surface area contributed by atoms with Crippen LogP contribution in [-0.2, 0) is 0 Å². The highest BCUT2D eigenvalue weighted by Crippen LogP contribution is 2.31. The van der Waals surface area contributed by atoms with Crippen molar-refractivity contribution in [3.63, 3.8) is 0 Å². The Labute approximate surface area is 225 Å². The van der Waals surface area contributed by atoms with E-state index < -0.39 is 6.10 Å². The van der Waals surface area contributed by atoms with E-state index in [1.165, 1.54) is 29.2 Å². The second-order valence-corrected chi connectivity index (χ2v) is 11.4. The van der Waals surface area contributed by atoms with E-state index in [0.717, 1.165) is 45.7 Å². The summed E-state index contributed by atoms with van der Waals surface area (Å²) in [5, 5.41) is 11.5. The molecule has 1 atom stereocenters. The number of hydrogen-bond donors (Lipinski definition) is 2. The van der Waals surface area contributed by atoms with Crippen LogP contribution in [0.2, 0.25) is 0 Å². The van der Waals surface area contributed by atoms with Crippen LogP contribution >= 0.6 is 43.6 Å². The van der Waals surface area contributed by atoms with Crippen molar-refractivity contribution in [3.05, 3.63) is 81.3 Å². The van der Waals surface area contributed by atoms with Gasteiger partial charge < -0.3 is 10.1 Å². The van der Waals surface area contributed by atoms with Gasteiger partial charge in [-0.3, -0.25) is 9.80 Å². The van der Waals surface area contributed by atoms with Crippen molar-refractivity contribution < 1.29 is 5.11 Å². The molecule has 1 fully saturated rings. The van der Waals surface area contributed by atoms with Crippen molar-refractivity contribution in [3.8, 4) is 0 Å². The number of imidazole rings is 1. The second-order valence-electron chi connectivity index (χ2n) is 8.59. The van der Waals surface area contributed by atoms with Crippen LogP contribution in [0.1, 0.15) is 17.2 Å². The lowest BCUT2D eigenvalue weighted by Gasteiger charge is -2.40. The van der Waals surface area contributed by atoms with Crippen LogP contribution in [-0.4, -0.2) is 79.4 Å². The Morgan fingerprint density at radius 2 is 1.51 bits per heavy atom. The van der Waals surface area contributed by atoms with Crippen LogP contribution in [0.4, 0.5) is 0 Å². The minimum absolute atomic E-state index is 0.202. The molecule has 3 heterocycles. The van der Waals surface area contributed by atoms with Crippen molar-refractivity contribution >= 4 is 54.8 Å². The lowest BCUT2D eigenvalue weighted by atomic mass is 9.96. The van der Waals surface area contributed by atoms with Gasteiger partial charge in [-0.15, -0.1) is 11.8 Å². The predicted octanol–water partition coefficient (Wildman–Crippen LogP) is 4.74. The molecule has 1 unspecified atom stereocenters. The van der Waals surface area contributed by atoms with Crippen LogP contribution < -0.4 is 0 Å². The number of halogens is 2. The standard InChI is InChI=1S/C25H26Br2N6OS/c26-19-5-1-17(2-6-19)23(18-3-7-20(27)8-4-18)33-11-9-32(10-12-33)13-21(34)14-35-25-22-24(29-15-28-22)30-16-31-25/h1-8,15-16,21,23,34H,9-14H2,(H,28,29,30,31). The fourth-order valence-electron chi connectivity index (χ4n) is 4.49. The summed E-state index contributed by atoms with van der Waals surface area (Å²) >= 11 is 8.66. The molecule has 0 aliphatic carbocycles. The zero-order valence-electron chi connectivity index (χ0n) is 19.0. The second kappa shape index (κ2) is 11.5. The van der Waals surface area contributed by atoms with E-state index in [1.807, 2.05) is 0 Å². The molecule has 0 amide bonds. The van der Waals surface area contributed by atoms with Gasteiger partial charge in [-0.25, -0.2) is 15.0 Å². The first kappa shape index (κ1) is 24.9. The van der Waals surface area contributed by atoms with E-state index in [0.29, 0.717) is 17.9 Å². The molecular weight excluding hydrogens is 592 g/mol. The number of benzene rings is 2. The van der Waals surface area contributed by atoms with Gasteiger partial charge in [0.1, 0.15) is 16.9 Å². The first-order valence-electron chi connectivity index (χ1n) is 11.5. The first-order chi connectivity index (χ1) is 17.1. The lowest BCUT2D eigenvalue weighted by molar-refractivity contribution is 0.0708. The van der Waals surface area contributed by atoms with Crippen molar-refractivity contribution in [1.82, 2.24) is 29.7 Å². The number of rotatable bonds is 8. The fraction of sp³-hybridized carbons (Fsp3) is 0.320. The van der Waals surface area contributed by atoms with E-state index in [-0.39, 0.29) is 6.04 Å². The number of aliphatic hydroxyl groups excluding tert-OH is 1. The molecule has 35 heavy (non-hydrogen) atoms. The van der Waals surface area contributed by atoms with Gasteiger partial charge in [0.05, 0.1) is 18.5 Å². The molecule has 7 nitrogen and oxygen atoms in total. The SMILES string of the molecule is OC(CSc1ncnc2nc[nH]c12)CN1CCN(C(c2ccc(Br)cc2)c2ccc(Br)cc2)CC1. The molecule has 0 radical (unpaired) electrons. The summed E-state index contributed by atoms with van der Waals surface area (Å²) in [4.78, 5) is 20.6. The Hall–Kier alpha value is -1.82. The van der Waals surface area contributed by atoms with Crippen LogP contribution in [0.3, 0.4) is 0 Å². The molecule has 2 aromatic heterocycles. The summed E-state index contributed by atoms with van der Waals surface area (Å²) in [5.41, 5.74) is 4.05. The number of H-pyrrole nitrogens is 1. The third kappa shape index (κ3) is 6.12. The van der Waals surface area contributed by atoms with Crippen LogP contribution in [0, 0.1) is 0 Å². The average Bonchev–Trinajstić information content (AvgIpc) is 3.36. The van der Waals surface area contributed by atoms with Crippen LogP contribution in [0.15, 0.2) is 75.2 Å². The molecule has 2 aromatic carbocycles. The van der Waals surface area contributed by atoms with Crippen molar-refractivity contribution in [2.45, 2.75) is 17.2 Å². The number of piperazine rings is 1. The molecule has 0 bridgehead atoms. The predicted molar refractivity (Wildman–Crippen MR) is 147 cm³/mol. The summed E-state index contributed by atoms with van der Waals surface area (Å²) < 4.78 is 2.17. The molecular formula is C25H26Br2N6OS. The van der Waals surface area contributed by atoms with Gasteiger partial charge >= 0.3 is 0 Å². The fourth-order valence-corrected chi connectivity index (χ4v) is 5.89. The number of β-amino-alcohol motifs (C(OH)–C–C–N with tert-alkyl or cyclic N) is 1. The Morgan fingerprint density at radius 3 is 2.14 bits per heavy atom. The molecule has 2 N–H and O–H groups in total. The maximum Gasteiger partial charge on any atom is 0.181 e. The molecule has 1 saturated heterocycles. The third-order valence-electron chi connectivity index (χ3n) is 6.21. The molecule has 1 aliphatic rings. The smallest absolute Gasteiger partial charge is 0.181 e. The number of fused-ring (bicyclic) bond motifs is 1. The van der Waals surface area contributed by atoms with Crippen molar-refractivity contribution in [2.24, 2.45) is 0 Å². The topological polar surface area (TPSA) is 81.2 Å². The van der Waals surface area contributed by atoms with Crippen molar-refractivity contribution in [2.75, 3.05) is 38.5 Å². The van der Waals surface area contributed by atoms with Gasteiger partial charge in [0.15, 0.2) is 5.65 Å². The Morgan fingerprint density at radius 1 is 0.886 bits per heavy atom. The average molecular weight is 618 g/mol. The number of hydrogen-bond acceptors (Lipinski definition) is 7. The van der Waals surface area contributed by atoms with Gasteiger partial charge in [0.2, 0.25) is 0 Å². The quantitative estimate of drug-likeness (QED) is 0.218. The van der Waals surface area contributed by atoms with Gasteiger partial charge in [-0.05, 0) is 35.4 Å². The zero-order chi connectivity index (χ0) is 24.2. The molecule has 182 valence electrons. The van der Waals surface area contributed by atoms with E-state index in [2.05, 4.69) is 110 Å². The van der Waals surface area contributed by atoms with E-state index >= 15 is 0 Å². The monoisotopic (exact) mass is 616 g/mol. The Bertz CT molecular complexity index is 1200. The van der Waals surface area contributed by atoms with Gasteiger partial charge in [-0.1, -0.05) is 56.1 Å². The van der Waals surface area contributed by atoms with Crippen molar-refractivity contribution in [1.29, 1.82) is 0 Å². The van der Waals surface area contributed by atoms with Gasteiger partial charge in [-0.2, -0.15) is 0 Å². The molecule has 0 saturated carbocycles. The van der Waals surface area contributed by atoms with Crippen LogP contribution in [0.25, 0.3) is 11.2 Å². The number of nitrogens with one attached hydrogen (secondary N) is 1. The Balaban J connectivity index is 1.19. The van der Waals surface area contributed by atoms with Crippen LogP contribution in [0.5, 0.6) is 0 Å². The molecule has 4 aromatic rings. The largest absolute Gasteiger partial charge is 0.391 e. The van der Waals surface area contributed by atoms with E-state index in [4.69, 9.17) is 0 Å². The number of aromatic nitrogens is 4. The summed E-state index contributed by atoms with van der Waals surface area (Å²) in [6, 6.07) is 17.5. The van der Waals surface area contributed by atoms with Gasteiger partial charge in [0, 0.05) is 47.4 Å². The highest BCUT2D eigenvalue weighted by molar-refractivity contribution is 9.10. The molecule has 1 aliphatic heterocycles. The normalized spacial score (nSPS) is 16.2. The molecule has 10 heteroatoms. The maximum atomic E-state index is 10.7. The Kier molecular flexibility index (Phi) is 8.16.